The first-order chi connectivity index (χ1) is 8.70. The molecule has 3 heteroatoms. The minimum atomic E-state index is -0.436. The van der Waals surface area contributed by atoms with E-state index in [1.54, 1.807) is 13.2 Å². The minimum Gasteiger partial charge on any atom is -0.497 e. The maximum absolute atomic E-state index is 11.9. The highest BCUT2D eigenvalue weighted by molar-refractivity contribution is 5.79. The van der Waals surface area contributed by atoms with Crippen LogP contribution in [0.4, 0.5) is 0 Å². The van der Waals surface area contributed by atoms with E-state index in [1.807, 2.05) is 24.3 Å². The van der Waals surface area contributed by atoms with Crippen molar-refractivity contribution in [2.75, 3.05) is 13.7 Å². The molecule has 0 bridgehead atoms. The van der Waals surface area contributed by atoms with E-state index in [9.17, 15) is 4.79 Å². The average Bonchev–Trinajstić information content (AvgIpc) is 2.72. The van der Waals surface area contributed by atoms with Gasteiger partial charge in [-0.3, -0.25) is 4.79 Å². The monoisotopic (exact) mass is 246 g/mol. The Hall–Kier alpha value is -1.77. The second-order valence-corrected chi connectivity index (χ2v) is 4.69. The van der Waals surface area contributed by atoms with Gasteiger partial charge in [-0.15, -0.1) is 6.58 Å². The lowest BCUT2D eigenvalue weighted by Gasteiger charge is -2.23. The van der Waals surface area contributed by atoms with Gasteiger partial charge in [-0.05, 0) is 37.0 Å². The largest absolute Gasteiger partial charge is 0.497 e. The molecule has 0 spiro atoms. The van der Waals surface area contributed by atoms with Gasteiger partial charge in [-0.25, -0.2) is 0 Å². The van der Waals surface area contributed by atoms with Crippen LogP contribution in [-0.4, -0.2) is 19.7 Å². The number of carbonyl (C=O) groups is 1. The zero-order valence-corrected chi connectivity index (χ0v) is 10.6. The molecule has 1 saturated heterocycles. The second kappa shape index (κ2) is 5.25. The fraction of sp³-hybridized carbons (Fsp3) is 0.400. The number of allylic oxidation sites excluding steroid dienone is 1. The van der Waals surface area contributed by atoms with Gasteiger partial charge in [0.05, 0.1) is 19.1 Å². The first-order valence-corrected chi connectivity index (χ1v) is 6.11. The quantitative estimate of drug-likeness (QED) is 0.592. The summed E-state index contributed by atoms with van der Waals surface area (Å²) < 4.78 is 10.3. The fourth-order valence-electron chi connectivity index (χ4n) is 2.46. The molecule has 0 aliphatic carbocycles. The lowest BCUT2D eigenvalue weighted by Crippen LogP contribution is -2.28. The molecule has 0 saturated carbocycles. The fourth-order valence-corrected chi connectivity index (χ4v) is 2.46. The maximum atomic E-state index is 11.9. The lowest BCUT2D eigenvalue weighted by molar-refractivity contribution is -0.146. The normalized spacial score (nSPS) is 22.6. The van der Waals surface area contributed by atoms with Crippen molar-refractivity contribution in [2.24, 2.45) is 5.41 Å². The van der Waals surface area contributed by atoms with Crippen LogP contribution in [0.3, 0.4) is 0 Å². The summed E-state index contributed by atoms with van der Waals surface area (Å²) in [4.78, 5) is 11.9. The highest BCUT2D eigenvalue weighted by Crippen LogP contribution is 2.38. The first-order valence-electron chi connectivity index (χ1n) is 6.11. The Kier molecular flexibility index (Phi) is 3.70. The Morgan fingerprint density at radius 3 is 3.00 bits per heavy atom. The van der Waals surface area contributed by atoms with Crippen LogP contribution in [-0.2, 0) is 16.0 Å². The van der Waals surface area contributed by atoms with E-state index in [-0.39, 0.29) is 5.97 Å². The molecule has 0 amide bonds. The van der Waals surface area contributed by atoms with Crippen molar-refractivity contribution < 1.29 is 14.3 Å². The van der Waals surface area contributed by atoms with Gasteiger partial charge in [0.25, 0.3) is 0 Å². The van der Waals surface area contributed by atoms with Crippen molar-refractivity contribution in [1.29, 1.82) is 0 Å². The third-order valence-corrected chi connectivity index (χ3v) is 3.46. The predicted octanol–water partition coefficient (Wildman–Crippen LogP) is 2.75. The second-order valence-electron chi connectivity index (χ2n) is 4.69. The number of benzene rings is 1. The molecule has 3 nitrogen and oxygen atoms in total. The third-order valence-electron chi connectivity index (χ3n) is 3.46. The average molecular weight is 246 g/mol. The zero-order chi connectivity index (χ0) is 13.0. The topological polar surface area (TPSA) is 35.5 Å². The Morgan fingerprint density at radius 2 is 2.39 bits per heavy atom. The van der Waals surface area contributed by atoms with Gasteiger partial charge in [0.15, 0.2) is 0 Å². The number of ether oxygens (including phenoxy) is 2. The summed E-state index contributed by atoms with van der Waals surface area (Å²) in [6.07, 6.45) is 3.89. The van der Waals surface area contributed by atoms with Crippen molar-refractivity contribution in [1.82, 2.24) is 0 Å². The van der Waals surface area contributed by atoms with Crippen LogP contribution in [0.25, 0.3) is 0 Å². The molecule has 96 valence electrons. The summed E-state index contributed by atoms with van der Waals surface area (Å²) in [7, 11) is 1.64. The standard InChI is InChI=1S/C15H18O3/c1-3-7-15(8-9-18-14(15)16)11-12-5-4-6-13(10-12)17-2/h3-6,10H,1,7-9,11H2,2H3. The molecular weight excluding hydrogens is 228 g/mol. The van der Waals surface area contributed by atoms with Crippen LogP contribution in [0.2, 0.25) is 0 Å². The van der Waals surface area contributed by atoms with Crippen molar-refractivity contribution in [3.8, 4) is 5.75 Å². The molecule has 0 radical (unpaired) electrons. The summed E-state index contributed by atoms with van der Waals surface area (Å²) in [5.41, 5.74) is 0.656. The summed E-state index contributed by atoms with van der Waals surface area (Å²) in [5, 5.41) is 0. The molecule has 1 atom stereocenters. The minimum absolute atomic E-state index is 0.106. The van der Waals surface area contributed by atoms with Crippen molar-refractivity contribution >= 4 is 5.97 Å². The molecule has 0 N–H and O–H groups in total. The first kappa shape index (κ1) is 12.7. The van der Waals surface area contributed by atoms with Gasteiger partial charge >= 0.3 is 5.97 Å². The summed E-state index contributed by atoms with van der Waals surface area (Å²) in [6.45, 7) is 4.26. The van der Waals surface area contributed by atoms with Gasteiger partial charge in [0.2, 0.25) is 0 Å². The van der Waals surface area contributed by atoms with Crippen LogP contribution in [0.15, 0.2) is 36.9 Å². The highest BCUT2D eigenvalue weighted by atomic mass is 16.5. The van der Waals surface area contributed by atoms with E-state index in [1.165, 1.54) is 0 Å². The number of hydrogen-bond donors (Lipinski definition) is 0. The zero-order valence-electron chi connectivity index (χ0n) is 10.6. The Morgan fingerprint density at radius 1 is 1.56 bits per heavy atom. The smallest absolute Gasteiger partial charge is 0.312 e. The molecule has 18 heavy (non-hydrogen) atoms. The molecule has 1 aliphatic rings. The molecule has 1 aromatic carbocycles. The van der Waals surface area contributed by atoms with Gasteiger partial charge in [-0.2, -0.15) is 0 Å². The van der Waals surface area contributed by atoms with Gasteiger partial charge in [0.1, 0.15) is 5.75 Å². The molecule has 1 aliphatic heterocycles. The van der Waals surface area contributed by atoms with Crippen molar-refractivity contribution in [2.45, 2.75) is 19.3 Å². The summed E-state index contributed by atoms with van der Waals surface area (Å²) >= 11 is 0. The van der Waals surface area contributed by atoms with E-state index in [0.717, 1.165) is 17.7 Å². The van der Waals surface area contributed by atoms with E-state index in [2.05, 4.69) is 6.58 Å². The number of hydrogen-bond acceptors (Lipinski definition) is 3. The highest BCUT2D eigenvalue weighted by Gasteiger charge is 2.43. The van der Waals surface area contributed by atoms with Crippen molar-refractivity contribution in [3.63, 3.8) is 0 Å². The third kappa shape index (κ3) is 2.40. The van der Waals surface area contributed by atoms with Gasteiger partial charge in [0, 0.05) is 0 Å². The van der Waals surface area contributed by atoms with Crippen LogP contribution in [0, 0.1) is 5.41 Å². The Labute approximate surface area is 107 Å². The van der Waals surface area contributed by atoms with Crippen LogP contribution in [0.1, 0.15) is 18.4 Å². The number of esters is 1. The summed E-state index contributed by atoms with van der Waals surface area (Å²) in [5.74, 6) is 0.706. The molecule has 2 rings (SSSR count). The Bertz CT molecular complexity index is 453. The maximum Gasteiger partial charge on any atom is 0.312 e. The van der Waals surface area contributed by atoms with E-state index >= 15 is 0 Å². The van der Waals surface area contributed by atoms with Crippen LogP contribution in [0.5, 0.6) is 5.75 Å². The lowest BCUT2D eigenvalue weighted by atomic mass is 9.77. The Balaban J connectivity index is 2.23. The van der Waals surface area contributed by atoms with Crippen molar-refractivity contribution in [3.05, 3.63) is 42.5 Å². The number of rotatable bonds is 5. The predicted molar refractivity (Wildman–Crippen MR) is 69.5 cm³/mol. The van der Waals surface area contributed by atoms with Crippen LogP contribution < -0.4 is 4.74 Å². The molecule has 1 heterocycles. The number of carbonyl (C=O) groups excluding carboxylic acids is 1. The molecule has 1 fully saturated rings. The van der Waals surface area contributed by atoms with Gasteiger partial charge in [-0.1, -0.05) is 18.2 Å². The SMILES string of the molecule is C=CCC1(Cc2cccc(OC)c2)CCOC1=O. The van der Waals surface area contributed by atoms with E-state index < -0.39 is 5.41 Å². The van der Waals surface area contributed by atoms with E-state index in [4.69, 9.17) is 9.47 Å². The number of cyclic esters (lactones) is 1. The molecule has 1 aromatic rings. The summed E-state index contributed by atoms with van der Waals surface area (Å²) in [6, 6.07) is 7.82. The van der Waals surface area contributed by atoms with E-state index in [0.29, 0.717) is 19.4 Å². The molecule has 0 aromatic heterocycles. The van der Waals surface area contributed by atoms with Crippen LogP contribution >= 0.6 is 0 Å². The molecular formula is C15H18O3. The van der Waals surface area contributed by atoms with Gasteiger partial charge < -0.3 is 9.47 Å². The molecule has 1 unspecified atom stereocenters. The number of methoxy groups -OCH3 is 1.